The summed E-state index contributed by atoms with van der Waals surface area (Å²) < 4.78 is 0. The highest BCUT2D eigenvalue weighted by Gasteiger charge is 2.02. The number of pyridine rings is 1. The first-order valence-corrected chi connectivity index (χ1v) is 8.45. The van der Waals surface area contributed by atoms with Crippen molar-refractivity contribution in [2.24, 2.45) is 0 Å². The number of hydrogen-bond donors (Lipinski definition) is 2. The van der Waals surface area contributed by atoms with E-state index in [1.807, 2.05) is 37.6 Å². The minimum atomic E-state index is -0.138. The number of urea groups is 1. The predicted molar refractivity (Wildman–Crippen MR) is 91.1 cm³/mol. The van der Waals surface area contributed by atoms with Crippen LogP contribution in [-0.4, -0.2) is 23.8 Å². The van der Waals surface area contributed by atoms with Gasteiger partial charge in [0.15, 0.2) is 0 Å². The number of nitrogens with one attached hydrogen (secondary N) is 2. The van der Waals surface area contributed by atoms with Gasteiger partial charge in [-0.1, -0.05) is 12.1 Å². The van der Waals surface area contributed by atoms with Gasteiger partial charge in [-0.2, -0.15) is 0 Å². The molecule has 0 saturated carbocycles. The van der Waals surface area contributed by atoms with Crippen LogP contribution in [0.15, 0.2) is 47.6 Å². The molecule has 0 spiro atoms. The van der Waals surface area contributed by atoms with Gasteiger partial charge in [0, 0.05) is 30.4 Å². The molecule has 0 atom stereocenters. The number of hydrogen-bond acceptors (Lipinski definition) is 3. The molecule has 1 aromatic carbocycles. The first kappa shape index (κ1) is 16.4. The molecule has 5 heteroatoms. The number of aromatic nitrogens is 1. The largest absolute Gasteiger partial charge is 0.338 e. The van der Waals surface area contributed by atoms with Crippen molar-refractivity contribution < 1.29 is 4.79 Å². The maximum atomic E-state index is 11.8. The van der Waals surface area contributed by atoms with E-state index in [4.69, 9.17) is 0 Å². The Morgan fingerprint density at radius 3 is 2.64 bits per heavy atom. The van der Waals surface area contributed by atoms with E-state index in [2.05, 4.69) is 27.8 Å². The van der Waals surface area contributed by atoms with Crippen molar-refractivity contribution >= 4 is 17.8 Å². The molecule has 2 rings (SSSR count). The van der Waals surface area contributed by atoms with E-state index in [0.717, 1.165) is 17.5 Å². The van der Waals surface area contributed by atoms with E-state index < -0.39 is 0 Å². The molecule has 2 aromatic rings. The zero-order valence-electron chi connectivity index (χ0n) is 12.9. The molecule has 0 aliphatic rings. The molecule has 0 fully saturated rings. The fourth-order valence-corrected chi connectivity index (χ4v) is 2.49. The van der Waals surface area contributed by atoms with Crippen molar-refractivity contribution in [3.63, 3.8) is 0 Å². The molecule has 0 unspecified atom stereocenters. The van der Waals surface area contributed by atoms with Crippen LogP contribution in [0.25, 0.3) is 0 Å². The summed E-state index contributed by atoms with van der Waals surface area (Å²) >= 11 is 1.71. The average molecular weight is 315 g/mol. The zero-order valence-corrected chi connectivity index (χ0v) is 13.7. The lowest BCUT2D eigenvalue weighted by molar-refractivity contribution is 0.240. The highest BCUT2D eigenvalue weighted by atomic mass is 32.2. The van der Waals surface area contributed by atoms with Crippen LogP contribution in [0.1, 0.15) is 16.7 Å². The second-order valence-electron chi connectivity index (χ2n) is 5.01. The predicted octanol–water partition coefficient (Wildman–Crippen LogP) is 3.15. The Hall–Kier alpha value is -2.01. The van der Waals surface area contributed by atoms with Crippen LogP contribution in [0.2, 0.25) is 0 Å². The van der Waals surface area contributed by atoms with Crippen LogP contribution in [-0.2, 0) is 13.0 Å². The summed E-state index contributed by atoms with van der Waals surface area (Å²) in [6, 6.07) is 10.0. The molecule has 2 amide bonds. The van der Waals surface area contributed by atoms with E-state index in [0.29, 0.717) is 13.1 Å². The fraction of sp³-hybridized carbons (Fsp3) is 0.294. The summed E-state index contributed by atoms with van der Waals surface area (Å²) in [5.74, 6) is 0. The van der Waals surface area contributed by atoms with Gasteiger partial charge in [0.2, 0.25) is 0 Å². The Kier molecular flexibility index (Phi) is 6.27. The van der Waals surface area contributed by atoms with Crippen LogP contribution in [0.4, 0.5) is 4.79 Å². The first-order valence-electron chi connectivity index (χ1n) is 7.23. The number of amides is 2. The van der Waals surface area contributed by atoms with Crippen LogP contribution >= 0.6 is 11.8 Å². The maximum absolute atomic E-state index is 11.8. The summed E-state index contributed by atoms with van der Waals surface area (Å²) in [5, 5.41) is 5.74. The topological polar surface area (TPSA) is 54.0 Å². The number of benzene rings is 1. The van der Waals surface area contributed by atoms with Gasteiger partial charge in [-0.3, -0.25) is 4.98 Å². The minimum Gasteiger partial charge on any atom is -0.338 e. The molecular formula is C17H21N3OS. The molecule has 116 valence electrons. The molecule has 0 radical (unpaired) electrons. The standard InChI is InChI=1S/C17H21N3OS/c1-13-11-18-9-7-15(13)8-10-19-17(21)20-12-14-3-5-16(22-2)6-4-14/h3-7,9,11H,8,10,12H2,1-2H3,(H2,19,20,21). The Balaban J connectivity index is 1.70. The van der Waals surface area contributed by atoms with Gasteiger partial charge in [0.1, 0.15) is 0 Å². The summed E-state index contributed by atoms with van der Waals surface area (Å²) in [6.07, 6.45) is 6.48. The Morgan fingerprint density at radius 1 is 1.18 bits per heavy atom. The van der Waals surface area contributed by atoms with Gasteiger partial charge in [-0.25, -0.2) is 4.79 Å². The van der Waals surface area contributed by atoms with Crippen LogP contribution in [0.3, 0.4) is 0 Å². The van der Waals surface area contributed by atoms with Gasteiger partial charge < -0.3 is 10.6 Å². The van der Waals surface area contributed by atoms with Crippen molar-refractivity contribution in [1.29, 1.82) is 0 Å². The number of thioether (sulfide) groups is 1. The van der Waals surface area contributed by atoms with Crippen molar-refractivity contribution in [3.05, 3.63) is 59.4 Å². The van der Waals surface area contributed by atoms with Gasteiger partial charge in [-0.05, 0) is 54.5 Å². The lowest BCUT2D eigenvalue weighted by atomic mass is 10.1. The third-order valence-corrected chi connectivity index (χ3v) is 4.17. The van der Waals surface area contributed by atoms with Crippen molar-refractivity contribution in [1.82, 2.24) is 15.6 Å². The lowest BCUT2D eigenvalue weighted by Gasteiger charge is -2.09. The molecule has 1 aromatic heterocycles. The van der Waals surface area contributed by atoms with Gasteiger partial charge in [0.25, 0.3) is 0 Å². The summed E-state index contributed by atoms with van der Waals surface area (Å²) in [7, 11) is 0. The molecule has 4 nitrogen and oxygen atoms in total. The highest BCUT2D eigenvalue weighted by Crippen LogP contribution is 2.14. The highest BCUT2D eigenvalue weighted by molar-refractivity contribution is 7.98. The molecule has 0 aliphatic carbocycles. The fourth-order valence-electron chi connectivity index (χ4n) is 2.08. The molecular weight excluding hydrogens is 294 g/mol. The van der Waals surface area contributed by atoms with Crippen LogP contribution in [0.5, 0.6) is 0 Å². The molecule has 0 aliphatic heterocycles. The number of carbonyl (C=O) groups excluding carboxylic acids is 1. The number of rotatable bonds is 6. The third-order valence-electron chi connectivity index (χ3n) is 3.43. The number of carbonyl (C=O) groups is 1. The molecule has 0 bridgehead atoms. The average Bonchev–Trinajstić information content (AvgIpc) is 2.55. The smallest absolute Gasteiger partial charge is 0.315 e. The number of nitrogens with zero attached hydrogens (tertiary/aromatic N) is 1. The van der Waals surface area contributed by atoms with E-state index >= 15 is 0 Å². The summed E-state index contributed by atoms with van der Waals surface area (Å²) in [4.78, 5) is 17.1. The Bertz CT molecular complexity index is 614. The molecule has 2 N–H and O–H groups in total. The second-order valence-corrected chi connectivity index (χ2v) is 5.89. The lowest BCUT2D eigenvalue weighted by Crippen LogP contribution is -2.36. The summed E-state index contributed by atoms with van der Waals surface area (Å²) in [5.41, 5.74) is 3.46. The normalized spacial score (nSPS) is 10.3. The number of aryl methyl sites for hydroxylation is 1. The molecule has 1 heterocycles. The van der Waals surface area contributed by atoms with Crippen LogP contribution in [0, 0.1) is 6.92 Å². The van der Waals surface area contributed by atoms with Crippen LogP contribution < -0.4 is 10.6 Å². The van der Waals surface area contributed by atoms with E-state index in [1.165, 1.54) is 10.5 Å². The zero-order chi connectivity index (χ0) is 15.8. The third kappa shape index (κ3) is 5.07. The van der Waals surface area contributed by atoms with Crippen molar-refractivity contribution in [2.75, 3.05) is 12.8 Å². The Labute approximate surface area is 135 Å². The van der Waals surface area contributed by atoms with Gasteiger partial charge >= 0.3 is 6.03 Å². The maximum Gasteiger partial charge on any atom is 0.315 e. The molecule has 22 heavy (non-hydrogen) atoms. The first-order chi connectivity index (χ1) is 10.7. The van der Waals surface area contributed by atoms with Crippen molar-refractivity contribution in [2.45, 2.75) is 24.8 Å². The Morgan fingerprint density at radius 2 is 1.95 bits per heavy atom. The van der Waals surface area contributed by atoms with Gasteiger partial charge in [0.05, 0.1) is 0 Å². The minimum absolute atomic E-state index is 0.138. The van der Waals surface area contributed by atoms with E-state index in [-0.39, 0.29) is 6.03 Å². The molecule has 0 saturated heterocycles. The van der Waals surface area contributed by atoms with E-state index in [1.54, 1.807) is 18.0 Å². The SMILES string of the molecule is CSc1ccc(CNC(=O)NCCc2ccncc2C)cc1. The van der Waals surface area contributed by atoms with E-state index in [9.17, 15) is 4.79 Å². The monoisotopic (exact) mass is 315 g/mol. The second kappa shape index (κ2) is 8.44. The van der Waals surface area contributed by atoms with Crippen molar-refractivity contribution in [3.8, 4) is 0 Å². The quantitative estimate of drug-likeness (QED) is 0.805. The van der Waals surface area contributed by atoms with Gasteiger partial charge in [-0.15, -0.1) is 11.8 Å². The summed E-state index contributed by atoms with van der Waals surface area (Å²) in [6.45, 7) is 3.18.